The summed E-state index contributed by atoms with van der Waals surface area (Å²) in [5.41, 5.74) is 8.24. The molecule has 2 aliphatic rings. The standard InChI is InChI=1S/C18H18N2O3.ClH/c19-14-3-1-2-4-15(14)20-18(21)13-10-12(13)11-5-6-16-17(9-11)23-8-7-22-16;/h1-6,9,12-13H,7-8,10,19H2,(H,20,21);1H. The maximum Gasteiger partial charge on any atom is 0.228 e. The average molecular weight is 347 g/mol. The number of nitrogens with two attached hydrogens (primary N) is 1. The number of halogens is 1. The first-order chi connectivity index (χ1) is 11.2. The molecule has 4 rings (SSSR count). The van der Waals surface area contributed by atoms with Gasteiger partial charge in [0.05, 0.1) is 11.4 Å². The summed E-state index contributed by atoms with van der Waals surface area (Å²) in [5.74, 6) is 1.78. The maximum atomic E-state index is 12.4. The van der Waals surface area contributed by atoms with Crippen molar-refractivity contribution in [2.75, 3.05) is 24.3 Å². The van der Waals surface area contributed by atoms with E-state index in [0.29, 0.717) is 24.6 Å². The molecule has 0 bridgehead atoms. The normalized spacial score (nSPS) is 20.7. The van der Waals surface area contributed by atoms with Crippen LogP contribution in [0.15, 0.2) is 42.5 Å². The summed E-state index contributed by atoms with van der Waals surface area (Å²) in [4.78, 5) is 12.4. The molecule has 0 spiro atoms. The van der Waals surface area contributed by atoms with Crippen molar-refractivity contribution in [2.45, 2.75) is 12.3 Å². The molecule has 5 nitrogen and oxygen atoms in total. The molecule has 0 aromatic heterocycles. The van der Waals surface area contributed by atoms with Crippen molar-refractivity contribution in [1.82, 2.24) is 0 Å². The van der Waals surface area contributed by atoms with Crippen LogP contribution < -0.4 is 20.5 Å². The van der Waals surface area contributed by atoms with Crippen molar-refractivity contribution >= 4 is 29.7 Å². The van der Waals surface area contributed by atoms with Gasteiger partial charge in [0.1, 0.15) is 13.2 Å². The van der Waals surface area contributed by atoms with Crippen LogP contribution in [0.3, 0.4) is 0 Å². The Kier molecular flexibility index (Phi) is 4.53. The average Bonchev–Trinajstić information content (AvgIpc) is 3.37. The number of hydrogen-bond acceptors (Lipinski definition) is 4. The van der Waals surface area contributed by atoms with Gasteiger partial charge in [0.25, 0.3) is 0 Å². The highest BCUT2D eigenvalue weighted by Crippen LogP contribution is 2.49. The smallest absolute Gasteiger partial charge is 0.228 e. The molecule has 1 heterocycles. The molecule has 2 atom stereocenters. The predicted octanol–water partition coefficient (Wildman–Crippen LogP) is 3.20. The molecule has 1 aliphatic heterocycles. The van der Waals surface area contributed by atoms with Crippen LogP contribution in [0, 0.1) is 5.92 Å². The fourth-order valence-corrected chi connectivity index (χ4v) is 2.98. The van der Waals surface area contributed by atoms with Gasteiger partial charge in [0.2, 0.25) is 5.91 Å². The van der Waals surface area contributed by atoms with E-state index >= 15 is 0 Å². The molecule has 0 radical (unpaired) electrons. The molecule has 1 saturated carbocycles. The van der Waals surface area contributed by atoms with Gasteiger partial charge in [-0.1, -0.05) is 18.2 Å². The molecular weight excluding hydrogens is 328 g/mol. The Hall–Kier alpha value is -2.40. The van der Waals surface area contributed by atoms with E-state index in [9.17, 15) is 4.79 Å². The van der Waals surface area contributed by atoms with Gasteiger partial charge in [-0.3, -0.25) is 4.79 Å². The molecule has 0 saturated heterocycles. The predicted molar refractivity (Wildman–Crippen MR) is 95.0 cm³/mol. The third-order valence-electron chi connectivity index (χ3n) is 4.34. The number of nitrogens with one attached hydrogen (secondary N) is 1. The summed E-state index contributed by atoms with van der Waals surface area (Å²) in [6.07, 6.45) is 0.845. The van der Waals surface area contributed by atoms with E-state index in [2.05, 4.69) is 5.32 Å². The maximum absolute atomic E-state index is 12.4. The number of carbonyl (C=O) groups excluding carboxylic acids is 1. The lowest BCUT2D eigenvalue weighted by molar-refractivity contribution is -0.117. The third-order valence-corrected chi connectivity index (χ3v) is 4.34. The lowest BCUT2D eigenvalue weighted by atomic mass is 10.1. The van der Waals surface area contributed by atoms with Crippen LogP contribution in [-0.4, -0.2) is 19.1 Å². The molecule has 1 amide bonds. The lowest BCUT2D eigenvalue weighted by Gasteiger charge is -2.18. The second-order valence-electron chi connectivity index (χ2n) is 5.93. The molecule has 2 aromatic rings. The Balaban J connectivity index is 0.00000169. The molecule has 3 N–H and O–H groups in total. The van der Waals surface area contributed by atoms with E-state index in [1.807, 2.05) is 36.4 Å². The molecule has 24 heavy (non-hydrogen) atoms. The largest absolute Gasteiger partial charge is 0.486 e. The lowest BCUT2D eigenvalue weighted by Crippen LogP contribution is -2.16. The summed E-state index contributed by atoms with van der Waals surface area (Å²) >= 11 is 0. The number of hydrogen-bond donors (Lipinski definition) is 2. The van der Waals surface area contributed by atoms with Gasteiger partial charge in [-0.25, -0.2) is 0 Å². The third kappa shape index (κ3) is 3.12. The highest BCUT2D eigenvalue weighted by molar-refractivity contribution is 5.97. The van der Waals surface area contributed by atoms with Gasteiger partial charge in [0, 0.05) is 5.92 Å². The van der Waals surface area contributed by atoms with E-state index in [1.165, 1.54) is 0 Å². The first kappa shape index (κ1) is 16.5. The number of amides is 1. The van der Waals surface area contributed by atoms with E-state index in [-0.39, 0.29) is 30.2 Å². The fourth-order valence-electron chi connectivity index (χ4n) is 2.98. The van der Waals surface area contributed by atoms with Crippen LogP contribution in [0.4, 0.5) is 11.4 Å². The van der Waals surface area contributed by atoms with E-state index in [4.69, 9.17) is 15.2 Å². The number of nitrogen functional groups attached to an aromatic ring is 1. The Labute approximate surface area is 146 Å². The number of carbonyl (C=O) groups is 1. The van der Waals surface area contributed by atoms with Crippen LogP contribution in [0.1, 0.15) is 17.9 Å². The van der Waals surface area contributed by atoms with E-state index < -0.39 is 0 Å². The summed E-state index contributed by atoms with van der Waals surface area (Å²) in [7, 11) is 0. The SMILES string of the molecule is Cl.Nc1ccccc1NC(=O)C1CC1c1ccc2c(c1)OCCO2. The molecule has 2 aromatic carbocycles. The molecule has 6 heteroatoms. The second kappa shape index (κ2) is 6.61. The van der Waals surface area contributed by atoms with Crippen molar-refractivity contribution < 1.29 is 14.3 Å². The number of para-hydroxylation sites is 2. The van der Waals surface area contributed by atoms with Crippen LogP contribution in [-0.2, 0) is 4.79 Å². The number of rotatable bonds is 3. The minimum Gasteiger partial charge on any atom is -0.486 e. The van der Waals surface area contributed by atoms with Crippen molar-refractivity contribution in [3.63, 3.8) is 0 Å². The number of anilines is 2. The minimum absolute atomic E-state index is 0. The minimum atomic E-state index is -0.0165. The topological polar surface area (TPSA) is 73.6 Å². The Morgan fingerprint density at radius 1 is 1.08 bits per heavy atom. The van der Waals surface area contributed by atoms with E-state index in [1.54, 1.807) is 6.07 Å². The second-order valence-corrected chi connectivity index (χ2v) is 5.93. The highest BCUT2D eigenvalue weighted by Gasteiger charge is 2.44. The van der Waals surface area contributed by atoms with Gasteiger partial charge in [-0.05, 0) is 42.2 Å². The van der Waals surface area contributed by atoms with Crippen LogP contribution in [0.5, 0.6) is 11.5 Å². The molecule has 126 valence electrons. The number of fused-ring (bicyclic) bond motifs is 1. The summed E-state index contributed by atoms with van der Waals surface area (Å²) in [5, 5.41) is 2.91. The van der Waals surface area contributed by atoms with Gasteiger partial charge in [-0.2, -0.15) is 0 Å². The Morgan fingerprint density at radius 2 is 1.83 bits per heavy atom. The molecule has 1 aliphatic carbocycles. The summed E-state index contributed by atoms with van der Waals surface area (Å²) in [6, 6.07) is 13.2. The number of ether oxygens (including phenoxy) is 2. The first-order valence-corrected chi connectivity index (χ1v) is 7.77. The monoisotopic (exact) mass is 346 g/mol. The first-order valence-electron chi connectivity index (χ1n) is 7.77. The van der Waals surface area contributed by atoms with Crippen molar-refractivity contribution in [1.29, 1.82) is 0 Å². The zero-order valence-electron chi connectivity index (χ0n) is 13.0. The van der Waals surface area contributed by atoms with Crippen LogP contribution in [0.25, 0.3) is 0 Å². The van der Waals surface area contributed by atoms with Gasteiger partial charge in [-0.15, -0.1) is 12.4 Å². The summed E-state index contributed by atoms with van der Waals surface area (Å²) < 4.78 is 11.1. The van der Waals surface area contributed by atoms with Gasteiger partial charge < -0.3 is 20.5 Å². The van der Waals surface area contributed by atoms with Crippen molar-refractivity contribution in [3.8, 4) is 11.5 Å². The van der Waals surface area contributed by atoms with Gasteiger partial charge >= 0.3 is 0 Å². The Morgan fingerprint density at radius 3 is 2.62 bits per heavy atom. The van der Waals surface area contributed by atoms with Gasteiger partial charge in [0.15, 0.2) is 11.5 Å². The molecular formula is C18H19ClN2O3. The van der Waals surface area contributed by atoms with E-state index in [0.717, 1.165) is 23.5 Å². The van der Waals surface area contributed by atoms with Crippen LogP contribution in [0.2, 0.25) is 0 Å². The fraction of sp³-hybridized carbons (Fsp3) is 0.278. The number of benzene rings is 2. The Bertz CT molecular complexity index is 766. The summed E-state index contributed by atoms with van der Waals surface area (Å²) in [6.45, 7) is 1.15. The van der Waals surface area contributed by atoms with Crippen molar-refractivity contribution in [2.24, 2.45) is 5.92 Å². The van der Waals surface area contributed by atoms with Crippen molar-refractivity contribution in [3.05, 3.63) is 48.0 Å². The highest BCUT2D eigenvalue weighted by atomic mass is 35.5. The molecule has 2 unspecified atom stereocenters. The zero-order chi connectivity index (χ0) is 15.8. The van der Waals surface area contributed by atoms with Crippen LogP contribution >= 0.6 is 12.4 Å². The zero-order valence-corrected chi connectivity index (χ0v) is 13.8. The quantitative estimate of drug-likeness (QED) is 0.837. The molecule has 1 fully saturated rings.